The zero-order valence-corrected chi connectivity index (χ0v) is 8.16. The van der Waals surface area contributed by atoms with Crippen LogP contribution < -0.4 is 4.74 Å². The maximum absolute atomic E-state index is 8.63. The molecule has 0 radical (unpaired) electrons. The van der Waals surface area contributed by atoms with Crippen LogP contribution in [-0.2, 0) is 0 Å². The molecule has 0 unspecified atom stereocenters. The summed E-state index contributed by atoms with van der Waals surface area (Å²) in [4.78, 5) is 3.86. The normalized spacial score (nSPS) is 9.50. The van der Waals surface area contributed by atoms with Crippen LogP contribution in [0.25, 0.3) is 0 Å². The summed E-state index contributed by atoms with van der Waals surface area (Å²) in [5, 5.41) is 17.4. The quantitative estimate of drug-likeness (QED) is 0.605. The number of aromatic nitrogens is 1. The average molecular weight is 213 g/mol. The summed E-state index contributed by atoms with van der Waals surface area (Å²) in [5.74, 6) is 0.308. The largest absolute Gasteiger partial charge is 0.478 e. The summed E-state index contributed by atoms with van der Waals surface area (Å²) in [7, 11) is 0. The first-order valence-corrected chi connectivity index (χ1v) is 4.45. The number of aliphatic hydroxyl groups is 1. The van der Waals surface area contributed by atoms with Crippen molar-refractivity contribution in [1.29, 1.82) is 5.26 Å². The fourth-order valence-electron chi connectivity index (χ4n) is 0.853. The Morgan fingerprint density at radius 3 is 3.00 bits per heavy atom. The summed E-state index contributed by atoms with van der Waals surface area (Å²) < 4.78 is 5.16. The Morgan fingerprint density at radius 1 is 1.57 bits per heavy atom. The molecule has 0 amide bonds. The van der Waals surface area contributed by atoms with Gasteiger partial charge >= 0.3 is 0 Å². The molecule has 0 saturated heterocycles. The fourth-order valence-corrected chi connectivity index (χ4v) is 1.05. The van der Waals surface area contributed by atoms with E-state index in [9.17, 15) is 0 Å². The molecule has 0 aromatic carbocycles. The number of ether oxygens (including phenoxy) is 1. The Labute approximate surface area is 86.7 Å². The fraction of sp³-hybridized carbons (Fsp3) is 0.333. The van der Waals surface area contributed by atoms with Gasteiger partial charge in [-0.3, -0.25) is 0 Å². The van der Waals surface area contributed by atoms with E-state index in [0.29, 0.717) is 24.5 Å². The summed E-state index contributed by atoms with van der Waals surface area (Å²) in [5.41, 5.74) is 0.406. The highest BCUT2D eigenvalue weighted by Gasteiger charge is 2.01. The lowest BCUT2D eigenvalue weighted by molar-refractivity contribution is 0.229. The topological polar surface area (TPSA) is 66.1 Å². The van der Waals surface area contributed by atoms with Gasteiger partial charge in [-0.1, -0.05) is 11.6 Å². The molecule has 0 fully saturated rings. The van der Waals surface area contributed by atoms with Crippen molar-refractivity contribution in [3.8, 4) is 11.9 Å². The summed E-state index contributed by atoms with van der Waals surface area (Å²) >= 11 is 5.65. The van der Waals surface area contributed by atoms with E-state index in [1.807, 2.05) is 6.07 Å². The van der Waals surface area contributed by atoms with Gasteiger partial charge in [-0.2, -0.15) is 5.26 Å². The number of rotatable bonds is 4. The lowest BCUT2D eigenvalue weighted by Gasteiger charge is -2.04. The monoisotopic (exact) mass is 212 g/mol. The summed E-state index contributed by atoms with van der Waals surface area (Å²) in [6.45, 7) is 0.417. The van der Waals surface area contributed by atoms with Gasteiger partial charge in [0.25, 0.3) is 0 Å². The van der Waals surface area contributed by atoms with E-state index in [0.717, 1.165) is 0 Å². The smallest absolute Gasteiger partial charge is 0.215 e. The SMILES string of the molecule is N#Cc1cc(Cl)nc(OCCCO)c1. The highest BCUT2D eigenvalue weighted by molar-refractivity contribution is 6.29. The minimum Gasteiger partial charge on any atom is -0.478 e. The predicted molar refractivity (Wildman–Crippen MR) is 51.2 cm³/mol. The third kappa shape index (κ3) is 3.21. The molecule has 74 valence electrons. The number of aliphatic hydroxyl groups excluding tert-OH is 1. The molecule has 1 heterocycles. The number of hydrogen-bond donors (Lipinski definition) is 1. The highest BCUT2D eigenvalue weighted by Crippen LogP contribution is 2.15. The van der Waals surface area contributed by atoms with Crippen molar-refractivity contribution >= 4 is 11.6 Å². The van der Waals surface area contributed by atoms with Gasteiger partial charge in [0.2, 0.25) is 5.88 Å². The second-order valence-electron chi connectivity index (χ2n) is 2.55. The van der Waals surface area contributed by atoms with Crippen LogP contribution in [0.1, 0.15) is 12.0 Å². The molecule has 0 spiro atoms. The second-order valence-corrected chi connectivity index (χ2v) is 2.94. The molecular formula is C9H9ClN2O2. The standard InChI is InChI=1S/C9H9ClN2O2/c10-8-4-7(6-11)5-9(12-8)14-3-1-2-13/h4-5,13H,1-3H2. The molecule has 0 aliphatic rings. The van der Waals surface area contributed by atoms with E-state index in [4.69, 9.17) is 26.7 Å². The zero-order valence-electron chi connectivity index (χ0n) is 7.40. The van der Waals surface area contributed by atoms with Crippen molar-refractivity contribution in [2.45, 2.75) is 6.42 Å². The van der Waals surface area contributed by atoms with Crippen LogP contribution in [0.4, 0.5) is 0 Å². The van der Waals surface area contributed by atoms with Crippen molar-refractivity contribution < 1.29 is 9.84 Å². The van der Waals surface area contributed by atoms with Crippen LogP contribution in [0.15, 0.2) is 12.1 Å². The van der Waals surface area contributed by atoms with Crippen molar-refractivity contribution in [3.63, 3.8) is 0 Å². The maximum atomic E-state index is 8.63. The Hall–Kier alpha value is -1.31. The molecule has 0 atom stereocenters. The van der Waals surface area contributed by atoms with Gasteiger partial charge in [0.05, 0.1) is 18.2 Å². The van der Waals surface area contributed by atoms with Crippen LogP contribution in [-0.4, -0.2) is 23.3 Å². The molecule has 1 rings (SSSR count). The molecule has 14 heavy (non-hydrogen) atoms. The number of nitriles is 1. The molecule has 0 aliphatic carbocycles. The van der Waals surface area contributed by atoms with E-state index in [1.165, 1.54) is 12.1 Å². The number of pyridine rings is 1. The van der Waals surface area contributed by atoms with Gasteiger partial charge in [-0.25, -0.2) is 4.98 Å². The third-order valence-electron chi connectivity index (χ3n) is 1.45. The molecule has 1 aromatic rings. The first-order chi connectivity index (χ1) is 6.76. The lowest BCUT2D eigenvalue weighted by Crippen LogP contribution is -2.01. The molecule has 1 N–H and O–H groups in total. The van der Waals surface area contributed by atoms with Gasteiger partial charge in [-0.05, 0) is 6.07 Å². The maximum Gasteiger partial charge on any atom is 0.215 e. The molecule has 0 aliphatic heterocycles. The molecule has 0 bridgehead atoms. The van der Waals surface area contributed by atoms with Crippen molar-refractivity contribution in [2.24, 2.45) is 0 Å². The minimum absolute atomic E-state index is 0.0612. The molecule has 5 heteroatoms. The number of hydrogen-bond acceptors (Lipinski definition) is 4. The van der Waals surface area contributed by atoms with Crippen LogP contribution in [0, 0.1) is 11.3 Å². The molecule has 1 aromatic heterocycles. The molecular weight excluding hydrogens is 204 g/mol. The lowest BCUT2D eigenvalue weighted by atomic mass is 10.3. The molecule has 4 nitrogen and oxygen atoms in total. The Morgan fingerprint density at radius 2 is 2.36 bits per heavy atom. The van der Waals surface area contributed by atoms with E-state index in [-0.39, 0.29) is 11.8 Å². The van der Waals surface area contributed by atoms with E-state index in [2.05, 4.69) is 4.98 Å². The van der Waals surface area contributed by atoms with Gasteiger partial charge in [0.1, 0.15) is 5.15 Å². The van der Waals surface area contributed by atoms with Crippen molar-refractivity contribution in [3.05, 3.63) is 22.8 Å². The highest BCUT2D eigenvalue weighted by atomic mass is 35.5. The van der Waals surface area contributed by atoms with E-state index >= 15 is 0 Å². The minimum atomic E-state index is 0.0612. The van der Waals surface area contributed by atoms with Crippen LogP contribution in [0.5, 0.6) is 5.88 Å². The Bertz CT molecular complexity index is 349. The summed E-state index contributed by atoms with van der Waals surface area (Å²) in [6, 6.07) is 4.91. The van der Waals surface area contributed by atoms with E-state index < -0.39 is 0 Å². The van der Waals surface area contributed by atoms with Crippen molar-refractivity contribution in [2.75, 3.05) is 13.2 Å². The third-order valence-corrected chi connectivity index (χ3v) is 1.65. The van der Waals surface area contributed by atoms with E-state index in [1.54, 1.807) is 0 Å². The first-order valence-electron chi connectivity index (χ1n) is 4.07. The Balaban J connectivity index is 2.68. The number of halogens is 1. The zero-order chi connectivity index (χ0) is 10.4. The second kappa shape index (κ2) is 5.43. The van der Waals surface area contributed by atoms with Gasteiger partial charge in [0, 0.05) is 19.1 Å². The van der Waals surface area contributed by atoms with Crippen molar-refractivity contribution in [1.82, 2.24) is 4.98 Å². The predicted octanol–water partition coefficient (Wildman–Crippen LogP) is 1.37. The van der Waals surface area contributed by atoms with Crippen LogP contribution in [0.3, 0.4) is 0 Å². The van der Waals surface area contributed by atoms with Crippen LogP contribution in [0.2, 0.25) is 5.15 Å². The van der Waals surface area contributed by atoms with Gasteiger partial charge in [0.15, 0.2) is 0 Å². The molecule has 0 saturated carbocycles. The Kier molecular flexibility index (Phi) is 4.17. The number of nitrogens with zero attached hydrogens (tertiary/aromatic N) is 2. The van der Waals surface area contributed by atoms with Crippen LogP contribution >= 0.6 is 11.6 Å². The van der Waals surface area contributed by atoms with Gasteiger partial charge < -0.3 is 9.84 Å². The first kappa shape index (κ1) is 10.8. The van der Waals surface area contributed by atoms with Gasteiger partial charge in [-0.15, -0.1) is 0 Å². The average Bonchev–Trinajstić information content (AvgIpc) is 2.17. The summed E-state index contributed by atoms with van der Waals surface area (Å²) in [6.07, 6.45) is 0.524.